The van der Waals surface area contributed by atoms with Crippen LogP contribution in [0, 0.1) is 0 Å². The summed E-state index contributed by atoms with van der Waals surface area (Å²) in [6.45, 7) is 1.26. The number of carbonyl (C=O) groups is 1. The lowest BCUT2D eigenvalue weighted by Gasteiger charge is -2.22. The Labute approximate surface area is 230 Å². The topological polar surface area (TPSA) is 95.5 Å². The fourth-order valence-corrected chi connectivity index (χ4v) is 6.56. The lowest BCUT2D eigenvalue weighted by atomic mass is 10.0. The highest BCUT2D eigenvalue weighted by Gasteiger charge is 2.21. The first-order valence-electron chi connectivity index (χ1n) is 13.1. The predicted octanol–water partition coefficient (Wildman–Crippen LogP) is 5.33. The molecule has 3 N–H and O–H groups in total. The lowest BCUT2D eigenvalue weighted by Crippen LogP contribution is -2.29. The molecule has 0 unspecified atom stereocenters. The molecule has 0 bridgehead atoms. The molecule has 3 aromatic carbocycles. The SMILES string of the molecule is CS(=O)(=O)NC(=O)c1ccc(-c2ccc(CCNC[C@@H](O)c3ccccc3)cc2)cc1SC1CCCCC1. The summed E-state index contributed by atoms with van der Waals surface area (Å²) in [7, 11) is -3.65. The highest BCUT2D eigenvalue weighted by Crippen LogP contribution is 2.37. The highest BCUT2D eigenvalue weighted by atomic mass is 32.2. The van der Waals surface area contributed by atoms with E-state index in [9.17, 15) is 18.3 Å². The summed E-state index contributed by atoms with van der Waals surface area (Å²) in [4.78, 5) is 13.6. The minimum absolute atomic E-state index is 0.398. The van der Waals surface area contributed by atoms with Crippen molar-refractivity contribution in [3.05, 3.63) is 89.5 Å². The summed E-state index contributed by atoms with van der Waals surface area (Å²) < 4.78 is 25.5. The van der Waals surface area contributed by atoms with E-state index in [0.29, 0.717) is 17.4 Å². The molecule has 1 amide bonds. The van der Waals surface area contributed by atoms with Gasteiger partial charge >= 0.3 is 0 Å². The first-order valence-corrected chi connectivity index (χ1v) is 15.9. The van der Waals surface area contributed by atoms with Gasteiger partial charge in [-0.3, -0.25) is 4.79 Å². The maximum atomic E-state index is 12.7. The van der Waals surface area contributed by atoms with Crippen LogP contribution in [0.15, 0.2) is 77.7 Å². The van der Waals surface area contributed by atoms with E-state index in [1.54, 1.807) is 17.8 Å². The van der Waals surface area contributed by atoms with Crippen LogP contribution in [0.3, 0.4) is 0 Å². The monoisotopic (exact) mass is 552 g/mol. The van der Waals surface area contributed by atoms with Crippen LogP contribution in [0.2, 0.25) is 0 Å². The van der Waals surface area contributed by atoms with Crippen LogP contribution < -0.4 is 10.0 Å². The van der Waals surface area contributed by atoms with Gasteiger partial charge in [0.2, 0.25) is 10.0 Å². The molecule has 1 fully saturated rings. The molecule has 3 aromatic rings. The third-order valence-electron chi connectivity index (χ3n) is 6.75. The van der Waals surface area contributed by atoms with E-state index in [4.69, 9.17) is 0 Å². The van der Waals surface area contributed by atoms with Crippen LogP contribution >= 0.6 is 11.8 Å². The van der Waals surface area contributed by atoms with Gasteiger partial charge < -0.3 is 10.4 Å². The molecular formula is C30H36N2O4S2. The van der Waals surface area contributed by atoms with Gasteiger partial charge in [-0.1, -0.05) is 79.9 Å². The van der Waals surface area contributed by atoms with E-state index in [2.05, 4.69) is 34.3 Å². The standard InChI is InChI=1S/C30H36N2O4S2/c1-38(35,36)32-30(34)27-17-16-25(20-29(27)37-26-10-6-3-7-11-26)23-14-12-22(13-15-23)18-19-31-21-28(33)24-8-4-2-5-9-24/h2,4-5,8-9,12-17,20,26,28,31,33H,3,6-7,10-11,18-19,21H2,1H3,(H,32,34)/t28-/m1/s1. The van der Waals surface area contributed by atoms with E-state index in [0.717, 1.165) is 53.6 Å². The van der Waals surface area contributed by atoms with Crippen molar-refractivity contribution >= 4 is 27.7 Å². The van der Waals surface area contributed by atoms with Crippen LogP contribution in [0.5, 0.6) is 0 Å². The smallest absolute Gasteiger partial charge is 0.265 e. The Morgan fingerprint density at radius 1 is 0.974 bits per heavy atom. The summed E-state index contributed by atoms with van der Waals surface area (Å²) in [6.07, 6.45) is 7.13. The average Bonchev–Trinajstić information content (AvgIpc) is 2.91. The Morgan fingerprint density at radius 2 is 1.66 bits per heavy atom. The van der Waals surface area contributed by atoms with Crippen molar-refractivity contribution in [1.29, 1.82) is 0 Å². The zero-order valence-corrected chi connectivity index (χ0v) is 23.4. The molecule has 0 spiro atoms. The number of aliphatic hydroxyl groups excluding tert-OH is 1. The van der Waals surface area contributed by atoms with Gasteiger partial charge in [-0.05, 0) is 60.2 Å². The Bertz CT molecular complexity index is 1310. The molecule has 4 rings (SSSR count). The van der Waals surface area contributed by atoms with Gasteiger partial charge in [0.15, 0.2) is 0 Å². The molecule has 1 aliphatic carbocycles. The first-order chi connectivity index (χ1) is 18.3. The summed E-state index contributed by atoms with van der Waals surface area (Å²) in [5.74, 6) is -0.586. The molecule has 0 aliphatic heterocycles. The Kier molecular flexibility index (Phi) is 10.0. The maximum absolute atomic E-state index is 12.7. The lowest BCUT2D eigenvalue weighted by molar-refractivity contribution is 0.0979. The minimum atomic E-state index is -3.65. The zero-order chi connectivity index (χ0) is 27.0. The molecule has 0 heterocycles. The van der Waals surface area contributed by atoms with E-state index < -0.39 is 22.0 Å². The second kappa shape index (κ2) is 13.4. The van der Waals surface area contributed by atoms with Gasteiger partial charge in [0.1, 0.15) is 0 Å². The molecule has 0 saturated heterocycles. The fraction of sp³-hybridized carbons (Fsp3) is 0.367. The van der Waals surface area contributed by atoms with Crippen molar-refractivity contribution in [2.75, 3.05) is 19.3 Å². The molecule has 8 heteroatoms. The van der Waals surface area contributed by atoms with Gasteiger partial charge in [0.05, 0.1) is 17.9 Å². The predicted molar refractivity (Wildman–Crippen MR) is 155 cm³/mol. The first kappa shape index (κ1) is 28.4. The summed E-state index contributed by atoms with van der Waals surface area (Å²) >= 11 is 1.69. The number of benzene rings is 3. The van der Waals surface area contributed by atoms with E-state index >= 15 is 0 Å². The van der Waals surface area contributed by atoms with Gasteiger partial charge in [-0.15, -0.1) is 11.8 Å². The largest absolute Gasteiger partial charge is 0.387 e. The van der Waals surface area contributed by atoms with Gasteiger partial charge in [-0.25, -0.2) is 13.1 Å². The quantitative estimate of drug-likeness (QED) is 0.278. The Morgan fingerprint density at radius 3 is 2.34 bits per heavy atom. The van der Waals surface area contributed by atoms with E-state index in [-0.39, 0.29) is 0 Å². The van der Waals surface area contributed by atoms with E-state index in [1.807, 2.05) is 42.5 Å². The van der Waals surface area contributed by atoms with Crippen molar-refractivity contribution in [3.63, 3.8) is 0 Å². The normalized spacial score (nSPS) is 15.2. The molecule has 0 aromatic heterocycles. The van der Waals surface area contributed by atoms with Crippen LogP contribution in [0.1, 0.15) is 59.7 Å². The average molecular weight is 553 g/mol. The number of carbonyl (C=O) groups excluding carboxylic acids is 1. The van der Waals surface area contributed by atoms with Crippen LogP contribution in [-0.4, -0.2) is 44.0 Å². The van der Waals surface area contributed by atoms with Crippen LogP contribution in [0.4, 0.5) is 0 Å². The number of amides is 1. The van der Waals surface area contributed by atoms with Gasteiger partial charge in [0.25, 0.3) is 5.91 Å². The van der Waals surface area contributed by atoms with Crippen molar-refractivity contribution in [3.8, 4) is 11.1 Å². The number of thioether (sulfide) groups is 1. The van der Waals surface area contributed by atoms with Crippen LogP contribution in [0.25, 0.3) is 11.1 Å². The van der Waals surface area contributed by atoms with Crippen LogP contribution in [-0.2, 0) is 16.4 Å². The van der Waals surface area contributed by atoms with Crippen molar-refractivity contribution in [2.45, 2.75) is 54.8 Å². The summed E-state index contributed by atoms with van der Waals surface area (Å²) in [6, 6.07) is 23.6. The fourth-order valence-electron chi connectivity index (χ4n) is 4.70. The Balaban J connectivity index is 1.41. The molecule has 1 aliphatic rings. The second-order valence-electron chi connectivity index (χ2n) is 9.87. The number of aliphatic hydroxyl groups is 1. The van der Waals surface area contributed by atoms with Crippen molar-refractivity contribution in [1.82, 2.24) is 10.0 Å². The third-order valence-corrected chi connectivity index (χ3v) is 8.70. The molecule has 1 atom stereocenters. The number of sulfonamides is 1. The maximum Gasteiger partial charge on any atom is 0.265 e. The van der Waals surface area contributed by atoms with E-state index in [1.165, 1.54) is 24.8 Å². The zero-order valence-electron chi connectivity index (χ0n) is 21.7. The third kappa shape index (κ3) is 8.43. The molecule has 6 nitrogen and oxygen atoms in total. The number of rotatable bonds is 11. The summed E-state index contributed by atoms with van der Waals surface area (Å²) in [5, 5.41) is 14.1. The minimum Gasteiger partial charge on any atom is -0.387 e. The Hall–Kier alpha value is -2.65. The van der Waals surface area contributed by atoms with Crippen molar-refractivity contribution in [2.24, 2.45) is 0 Å². The number of hydrogen-bond donors (Lipinski definition) is 3. The second-order valence-corrected chi connectivity index (χ2v) is 13.0. The summed E-state index contributed by atoms with van der Waals surface area (Å²) in [5.41, 5.74) is 4.54. The molecule has 0 radical (unpaired) electrons. The van der Waals surface area contributed by atoms with Gasteiger partial charge in [0, 0.05) is 16.7 Å². The molecule has 38 heavy (non-hydrogen) atoms. The molecular weight excluding hydrogens is 516 g/mol. The van der Waals surface area contributed by atoms with Crippen molar-refractivity contribution < 1.29 is 18.3 Å². The number of nitrogens with one attached hydrogen (secondary N) is 2. The van der Waals surface area contributed by atoms with Gasteiger partial charge in [-0.2, -0.15) is 0 Å². The molecule has 1 saturated carbocycles. The highest BCUT2D eigenvalue weighted by molar-refractivity contribution is 8.00. The molecule has 202 valence electrons. The number of hydrogen-bond acceptors (Lipinski definition) is 6.